The predicted molar refractivity (Wildman–Crippen MR) is 94.9 cm³/mol. The van der Waals surface area contributed by atoms with Gasteiger partial charge in [-0.2, -0.15) is 11.8 Å². The summed E-state index contributed by atoms with van der Waals surface area (Å²) in [5.74, 6) is 2.41. The fourth-order valence-corrected chi connectivity index (χ4v) is 3.63. The second-order valence-corrected chi connectivity index (χ2v) is 6.56. The first-order valence-electron chi connectivity index (χ1n) is 7.30. The average molecular weight is 329 g/mol. The normalized spacial score (nSPS) is 18.0. The second-order valence-electron chi connectivity index (χ2n) is 5.41. The van der Waals surface area contributed by atoms with Crippen LogP contribution in [0.1, 0.15) is 24.5 Å². The molecule has 118 valence electrons. The lowest BCUT2D eigenvalue weighted by Crippen LogP contribution is -2.42. The summed E-state index contributed by atoms with van der Waals surface area (Å²) in [4.78, 5) is 14.4. The van der Waals surface area contributed by atoms with Crippen LogP contribution in [0.15, 0.2) is 18.2 Å². The highest BCUT2D eigenvalue weighted by Gasteiger charge is 2.21. The van der Waals surface area contributed by atoms with Gasteiger partial charge in [0.15, 0.2) is 0 Å². The van der Waals surface area contributed by atoms with Crippen molar-refractivity contribution in [2.24, 2.45) is 0 Å². The lowest BCUT2D eigenvalue weighted by Gasteiger charge is -2.27. The first-order valence-corrected chi connectivity index (χ1v) is 8.45. The standard InChI is InChI=1S/C16H24N2OS.ClH/c1-4-18(15-8-12(2)7-13(3)9-15)16(19)10-14-11-20-6-5-17-14;/h7-9,14,17H,4-6,10-11H2,1-3H3;1H. The van der Waals surface area contributed by atoms with Gasteiger partial charge in [-0.15, -0.1) is 12.4 Å². The molecule has 1 aromatic carbocycles. The van der Waals surface area contributed by atoms with E-state index in [1.807, 2.05) is 23.6 Å². The molecule has 21 heavy (non-hydrogen) atoms. The number of amides is 1. The third-order valence-electron chi connectivity index (χ3n) is 3.55. The molecular weight excluding hydrogens is 304 g/mol. The molecule has 0 saturated carbocycles. The summed E-state index contributed by atoms with van der Waals surface area (Å²) in [5, 5.41) is 3.43. The fourth-order valence-electron chi connectivity index (χ4n) is 2.68. The number of carbonyl (C=O) groups excluding carboxylic acids is 1. The largest absolute Gasteiger partial charge is 0.313 e. The molecule has 1 unspecified atom stereocenters. The van der Waals surface area contributed by atoms with Crippen LogP contribution in [-0.2, 0) is 4.79 Å². The molecule has 1 N–H and O–H groups in total. The SMILES string of the molecule is CCN(C(=O)CC1CSCCN1)c1cc(C)cc(C)c1.Cl. The van der Waals surface area contributed by atoms with Crippen molar-refractivity contribution < 1.29 is 4.79 Å². The van der Waals surface area contributed by atoms with Crippen LogP contribution in [0.5, 0.6) is 0 Å². The van der Waals surface area contributed by atoms with E-state index in [2.05, 4.69) is 37.4 Å². The molecule has 1 heterocycles. The number of carbonyl (C=O) groups is 1. The van der Waals surface area contributed by atoms with E-state index < -0.39 is 0 Å². The molecule has 1 saturated heterocycles. The molecule has 0 radical (unpaired) electrons. The molecular formula is C16H25ClN2OS. The highest BCUT2D eigenvalue weighted by atomic mass is 35.5. The molecule has 1 aliphatic heterocycles. The zero-order valence-electron chi connectivity index (χ0n) is 13.0. The Balaban J connectivity index is 0.00000220. The quantitative estimate of drug-likeness (QED) is 0.921. The van der Waals surface area contributed by atoms with Gasteiger partial charge in [0.2, 0.25) is 5.91 Å². The number of benzene rings is 1. The summed E-state index contributed by atoms with van der Waals surface area (Å²) in [5.41, 5.74) is 3.44. The zero-order valence-corrected chi connectivity index (χ0v) is 14.6. The van der Waals surface area contributed by atoms with Crippen molar-refractivity contribution in [3.05, 3.63) is 29.3 Å². The van der Waals surface area contributed by atoms with Crippen LogP contribution in [0.4, 0.5) is 5.69 Å². The van der Waals surface area contributed by atoms with Crippen LogP contribution in [-0.4, -0.2) is 36.5 Å². The maximum absolute atomic E-state index is 12.5. The number of hydrogen-bond donors (Lipinski definition) is 1. The maximum Gasteiger partial charge on any atom is 0.228 e. The van der Waals surface area contributed by atoms with Crippen LogP contribution in [0.25, 0.3) is 0 Å². The van der Waals surface area contributed by atoms with E-state index in [4.69, 9.17) is 0 Å². The zero-order chi connectivity index (χ0) is 14.5. The van der Waals surface area contributed by atoms with Crippen molar-refractivity contribution in [3.8, 4) is 0 Å². The summed E-state index contributed by atoms with van der Waals surface area (Å²) in [6.07, 6.45) is 0.591. The van der Waals surface area contributed by atoms with Crippen molar-refractivity contribution in [3.63, 3.8) is 0 Å². The Morgan fingerprint density at radius 1 is 1.33 bits per heavy atom. The number of hydrogen-bond acceptors (Lipinski definition) is 3. The molecule has 0 aromatic heterocycles. The van der Waals surface area contributed by atoms with Crippen LogP contribution in [0, 0.1) is 13.8 Å². The number of nitrogens with one attached hydrogen (secondary N) is 1. The highest BCUT2D eigenvalue weighted by molar-refractivity contribution is 7.99. The van der Waals surface area contributed by atoms with Gasteiger partial charge in [-0.1, -0.05) is 6.07 Å². The Bertz CT molecular complexity index is 455. The molecule has 0 spiro atoms. The van der Waals surface area contributed by atoms with Crippen molar-refractivity contribution >= 4 is 35.8 Å². The highest BCUT2D eigenvalue weighted by Crippen LogP contribution is 2.20. The van der Waals surface area contributed by atoms with Gasteiger partial charge in [0, 0.05) is 42.7 Å². The first kappa shape index (κ1) is 18.3. The van der Waals surface area contributed by atoms with E-state index in [9.17, 15) is 4.79 Å². The van der Waals surface area contributed by atoms with Crippen molar-refractivity contribution in [2.75, 3.05) is 29.5 Å². The minimum absolute atomic E-state index is 0. The summed E-state index contributed by atoms with van der Waals surface area (Å²) < 4.78 is 0. The Morgan fingerprint density at radius 3 is 2.52 bits per heavy atom. The molecule has 1 atom stereocenters. The number of thioether (sulfide) groups is 1. The lowest BCUT2D eigenvalue weighted by atomic mass is 10.1. The van der Waals surface area contributed by atoms with Gasteiger partial charge in [-0.3, -0.25) is 4.79 Å². The van der Waals surface area contributed by atoms with Gasteiger partial charge in [0.25, 0.3) is 0 Å². The van der Waals surface area contributed by atoms with E-state index in [1.165, 1.54) is 11.1 Å². The smallest absolute Gasteiger partial charge is 0.228 e. The molecule has 1 aliphatic rings. The summed E-state index contributed by atoms with van der Waals surface area (Å²) in [7, 11) is 0. The van der Waals surface area contributed by atoms with Crippen molar-refractivity contribution in [1.29, 1.82) is 0 Å². The minimum atomic E-state index is 0. The van der Waals surface area contributed by atoms with Crippen LogP contribution >= 0.6 is 24.2 Å². The van der Waals surface area contributed by atoms with Gasteiger partial charge in [0.05, 0.1) is 0 Å². The Hall–Kier alpha value is -0.710. The second kappa shape index (κ2) is 8.66. The summed E-state index contributed by atoms with van der Waals surface area (Å²) in [6, 6.07) is 6.65. The third kappa shape index (κ3) is 5.20. The number of aryl methyl sites for hydroxylation is 2. The lowest BCUT2D eigenvalue weighted by molar-refractivity contribution is -0.118. The van der Waals surface area contributed by atoms with Gasteiger partial charge in [-0.25, -0.2) is 0 Å². The monoisotopic (exact) mass is 328 g/mol. The molecule has 1 fully saturated rings. The topological polar surface area (TPSA) is 32.3 Å². The predicted octanol–water partition coefficient (Wildman–Crippen LogP) is 3.17. The van der Waals surface area contributed by atoms with E-state index in [0.29, 0.717) is 12.5 Å². The summed E-state index contributed by atoms with van der Waals surface area (Å²) in [6.45, 7) is 7.93. The first-order chi connectivity index (χ1) is 9.60. The number of anilines is 1. The molecule has 3 nitrogen and oxygen atoms in total. The van der Waals surface area contributed by atoms with Crippen molar-refractivity contribution in [1.82, 2.24) is 5.32 Å². The van der Waals surface area contributed by atoms with E-state index in [0.717, 1.165) is 30.3 Å². The van der Waals surface area contributed by atoms with Crippen LogP contribution < -0.4 is 10.2 Å². The van der Waals surface area contributed by atoms with Gasteiger partial charge in [-0.05, 0) is 44.0 Å². The van der Waals surface area contributed by atoms with E-state index >= 15 is 0 Å². The fraction of sp³-hybridized carbons (Fsp3) is 0.562. The Morgan fingerprint density at radius 2 is 2.00 bits per heavy atom. The average Bonchev–Trinajstić information content (AvgIpc) is 2.39. The van der Waals surface area contributed by atoms with E-state index in [-0.39, 0.29) is 18.3 Å². The molecule has 5 heteroatoms. The van der Waals surface area contributed by atoms with Gasteiger partial charge < -0.3 is 10.2 Å². The number of rotatable bonds is 4. The third-order valence-corrected chi connectivity index (χ3v) is 4.69. The van der Waals surface area contributed by atoms with Crippen LogP contribution in [0.3, 0.4) is 0 Å². The Kier molecular flexibility index (Phi) is 7.57. The molecule has 0 bridgehead atoms. The molecule has 2 rings (SSSR count). The molecule has 0 aliphatic carbocycles. The van der Waals surface area contributed by atoms with Gasteiger partial charge in [0.1, 0.15) is 0 Å². The molecule has 1 aromatic rings. The van der Waals surface area contributed by atoms with Crippen LogP contribution in [0.2, 0.25) is 0 Å². The van der Waals surface area contributed by atoms with E-state index in [1.54, 1.807) is 0 Å². The Labute approximate surface area is 138 Å². The summed E-state index contributed by atoms with van der Waals surface area (Å²) >= 11 is 1.93. The maximum atomic E-state index is 12.5. The van der Waals surface area contributed by atoms with Crippen molar-refractivity contribution in [2.45, 2.75) is 33.2 Å². The number of halogens is 1. The molecule has 1 amide bonds. The minimum Gasteiger partial charge on any atom is -0.313 e. The van der Waals surface area contributed by atoms with Gasteiger partial charge >= 0.3 is 0 Å². The number of nitrogens with zero attached hydrogens (tertiary/aromatic N) is 1.